The number of nitrogens with zero attached hydrogens (tertiary/aromatic N) is 1. The third-order valence-electron chi connectivity index (χ3n) is 2.66. The first-order valence-corrected chi connectivity index (χ1v) is 5.43. The highest BCUT2D eigenvalue weighted by atomic mass is 16.8. The van der Waals surface area contributed by atoms with E-state index < -0.39 is 5.23 Å². The number of quaternary nitrogens is 1. The molecule has 0 aliphatic rings. The monoisotopic (exact) mass is 242 g/mol. The van der Waals surface area contributed by atoms with E-state index in [-0.39, 0.29) is 5.69 Å². The fourth-order valence-corrected chi connectivity index (χ4v) is 1.76. The molecule has 0 aliphatic heterocycles. The van der Waals surface area contributed by atoms with Crippen LogP contribution in [0.15, 0.2) is 52.9 Å². The minimum absolute atomic E-state index is 0.204. The molecule has 0 amide bonds. The largest absolute Gasteiger partial charge is 0.595 e. The van der Waals surface area contributed by atoms with Gasteiger partial charge in [-0.05, 0) is 18.2 Å². The van der Waals surface area contributed by atoms with Gasteiger partial charge in [0.1, 0.15) is 5.52 Å². The van der Waals surface area contributed by atoms with E-state index in [0.29, 0.717) is 17.0 Å². The average Bonchev–Trinajstić information content (AvgIpc) is 2.82. The summed E-state index contributed by atoms with van der Waals surface area (Å²) in [5.41, 5.74) is 2.20. The highest BCUT2D eigenvalue weighted by Gasteiger charge is 2.10. The minimum Gasteiger partial charge on any atom is -0.595 e. The Hall–Kier alpha value is -2.21. The smallest absolute Gasteiger partial charge is 0.227 e. The van der Waals surface area contributed by atoms with E-state index >= 15 is 0 Å². The van der Waals surface area contributed by atoms with E-state index in [4.69, 9.17) is 9.62 Å². The van der Waals surface area contributed by atoms with Gasteiger partial charge in [-0.3, -0.25) is 0 Å². The summed E-state index contributed by atoms with van der Waals surface area (Å²) in [5, 5.41) is 18.8. The van der Waals surface area contributed by atoms with Crippen molar-refractivity contribution < 1.29 is 14.9 Å². The fourth-order valence-electron chi connectivity index (χ4n) is 1.76. The van der Waals surface area contributed by atoms with Crippen molar-refractivity contribution in [1.29, 1.82) is 0 Å². The molecule has 0 fully saturated rings. The molecule has 1 heterocycles. The second-order valence-electron chi connectivity index (χ2n) is 3.87. The molecule has 5 heteroatoms. The van der Waals surface area contributed by atoms with Gasteiger partial charge in [0.25, 0.3) is 0 Å². The Morgan fingerprint density at radius 1 is 1.11 bits per heavy atom. The molecule has 90 valence electrons. The molecular weight excluding hydrogens is 232 g/mol. The molecule has 2 aromatic carbocycles. The minimum atomic E-state index is -0.971. The molecule has 0 spiro atoms. The second-order valence-corrected chi connectivity index (χ2v) is 3.87. The van der Waals surface area contributed by atoms with Crippen LogP contribution >= 0.6 is 0 Å². The number of hydrogen-bond acceptors (Lipinski definition) is 4. The van der Waals surface area contributed by atoms with Crippen LogP contribution in [0.1, 0.15) is 0 Å². The van der Waals surface area contributed by atoms with Crippen LogP contribution in [0.3, 0.4) is 0 Å². The molecule has 18 heavy (non-hydrogen) atoms. The van der Waals surface area contributed by atoms with Crippen molar-refractivity contribution in [3.8, 4) is 11.5 Å². The zero-order chi connectivity index (χ0) is 12.5. The maximum absolute atomic E-state index is 10.9. The molecule has 1 unspecified atom stereocenters. The molecule has 0 saturated heterocycles. The molecule has 5 nitrogen and oxygen atoms in total. The van der Waals surface area contributed by atoms with Gasteiger partial charge < -0.3 is 9.62 Å². The first-order chi connectivity index (χ1) is 8.74. The Kier molecular flexibility index (Phi) is 2.56. The summed E-state index contributed by atoms with van der Waals surface area (Å²) in [6.07, 6.45) is 0. The van der Waals surface area contributed by atoms with Crippen molar-refractivity contribution in [2.75, 3.05) is 0 Å². The summed E-state index contributed by atoms with van der Waals surface area (Å²) < 4.78 is 5.58. The molecule has 1 aromatic heterocycles. The zero-order valence-corrected chi connectivity index (χ0v) is 9.33. The first kappa shape index (κ1) is 10.9. The van der Waals surface area contributed by atoms with Gasteiger partial charge in [-0.1, -0.05) is 18.2 Å². The molecule has 0 aliphatic carbocycles. The van der Waals surface area contributed by atoms with Gasteiger partial charge in [0.15, 0.2) is 11.3 Å². The lowest BCUT2D eigenvalue weighted by Gasteiger charge is -2.10. The van der Waals surface area contributed by atoms with Crippen molar-refractivity contribution in [3.63, 3.8) is 0 Å². The second kappa shape index (κ2) is 4.23. The molecule has 3 aromatic rings. The topological polar surface area (TPSA) is 73.8 Å². The van der Waals surface area contributed by atoms with Crippen LogP contribution in [0, 0.1) is 5.21 Å². The average molecular weight is 242 g/mol. The standard InChI is InChI=1S/C13H10N2O3/c16-15(17)10-6-7-12-11(8-10)14-13(18-12)9-4-2-1-3-5-9/h1-8,15-16H. The molecule has 0 radical (unpaired) electrons. The van der Waals surface area contributed by atoms with Crippen LogP contribution in [0.4, 0.5) is 5.69 Å². The maximum Gasteiger partial charge on any atom is 0.227 e. The van der Waals surface area contributed by atoms with Crippen LogP contribution in [-0.2, 0) is 0 Å². The van der Waals surface area contributed by atoms with Crippen molar-refractivity contribution in [3.05, 3.63) is 53.7 Å². The van der Waals surface area contributed by atoms with Crippen molar-refractivity contribution in [2.45, 2.75) is 0 Å². The predicted octanol–water partition coefficient (Wildman–Crippen LogP) is 1.90. The van der Waals surface area contributed by atoms with Crippen LogP contribution in [-0.4, -0.2) is 10.2 Å². The Morgan fingerprint density at radius 3 is 2.61 bits per heavy atom. The van der Waals surface area contributed by atoms with Gasteiger partial charge in [-0.2, -0.15) is 5.23 Å². The summed E-state index contributed by atoms with van der Waals surface area (Å²) in [4.78, 5) is 4.30. The summed E-state index contributed by atoms with van der Waals surface area (Å²) >= 11 is 0. The molecule has 0 bridgehead atoms. The molecule has 2 N–H and O–H groups in total. The Labute approximate surface area is 102 Å². The van der Waals surface area contributed by atoms with E-state index in [1.54, 1.807) is 6.07 Å². The van der Waals surface area contributed by atoms with Crippen LogP contribution < -0.4 is 5.23 Å². The number of rotatable bonds is 2. The van der Waals surface area contributed by atoms with Gasteiger partial charge >= 0.3 is 0 Å². The molecular formula is C13H10N2O3. The third kappa shape index (κ3) is 1.86. The van der Waals surface area contributed by atoms with E-state index in [1.807, 2.05) is 30.3 Å². The van der Waals surface area contributed by atoms with E-state index in [9.17, 15) is 5.21 Å². The van der Waals surface area contributed by atoms with Crippen molar-refractivity contribution in [2.24, 2.45) is 0 Å². The number of fused-ring (bicyclic) bond motifs is 1. The summed E-state index contributed by atoms with van der Waals surface area (Å²) in [6.45, 7) is 0. The van der Waals surface area contributed by atoms with Gasteiger partial charge in [-0.15, -0.1) is 0 Å². The summed E-state index contributed by atoms with van der Waals surface area (Å²) in [6, 6.07) is 14.1. The van der Waals surface area contributed by atoms with Gasteiger partial charge in [0, 0.05) is 17.7 Å². The fraction of sp³-hybridized carbons (Fsp3) is 0. The quantitative estimate of drug-likeness (QED) is 0.673. The molecule has 3 rings (SSSR count). The first-order valence-electron chi connectivity index (χ1n) is 5.43. The third-order valence-corrected chi connectivity index (χ3v) is 2.66. The number of aromatic nitrogens is 1. The lowest BCUT2D eigenvalue weighted by atomic mass is 10.2. The van der Waals surface area contributed by atoms with Crippen LogP contribution in [0.2, 0.25) is 0 Å². The number of nitrogens with one attached hydrogen (secondary N) is 1. The molecule has 0 saturated carbocycles. The van der Waals surface area contributed by atoms with E-state index in [0.717, 1.165) is 5.56 Å². The van der Waals surface area contributed by atoms with Gasteiger partial charge in [0.05, 0.1) is 0 Å². The van der Waals surface area contributed by atoms with Gasteiger partial charge in [-0.25, -0.2) is 10.2 Å². The predicted molar refractivity (Wildman–Crippen MR) is 65.2 cm³/mol. The maximum atomic E-state index is 10.9. The zero-order valence-electron chi connectivity index (χ0n) is 9.33. The van der Waals surface area contributed by atoms with Crippen molar-refractivity contribution >= 4 is 16.8 Å². The van der Waals surface area contributed by atoms with Gasteiger partial charge in [0.2, 0.25) is 5.89 Å². The van der Waals surface area contributed by atoms with Crippen LogP contribution in [0.25, 0.3) is 22.6 Å². The lowest BCUT2D eigenvalue weighted by molar-refractivity contribution is -0.991. The highest BCUT2D eigenvalue weighted by Crippen LogP contribution is 2.24. The normalized spacial score (nSPS) is 12.8. The summed E-state index contributed by atoms with van der Waals surface area (Å²) in [7, 11) is 0. The number of benzene rings is 2. The Balaban J connectivity index is 2.11. The SMILES string of the molecule is [O-][NH+](O)c1ccc2oc(-c3ccccc3)nc2c1. The number of hydrogen-bond donors (Lipinski definition) is 2. The summed E-state index contributed by atoms with van der Waals surface area (Å²) in [5.74, 6) is 0.494. The Morgan fingerprint density at radius 2 is 1.89 bits per heavy atom. The van der Waals surface area contributed by atoms with E-state index in [2.05, 4.69) is 4.98 Å². The molecule has 1 atom stereocenters. The van der Waals surface area contributed by atoms with Crippen molar-refractivity contribution in [1.82, 2.24) is 4.98 Å². The highest BCUT2D eigenvalue weighted by molar-refractivity contribution is 5.78. The Bertz CT molecular complexity index is 677. The van der Waals surface area contributed by atoms with Crippen LogP contribution in [0.5, 0.6) is 0 Å². The lowest BCUT2D eigenvalue weighted by Crippen LogP contribution is -2.99. The number of oxazole rings is 1. The van der Waals surface area contributed by atoms with E-state index in [1.165, 1.54) is 12.1 Å².